The molecule has 0 aliphatic carbocycles. The summed E-state index contributed by atoms with van der Waals surface area (Å²) in [7, 11) is 0. The molecule has 0 saturated carbocycles. The molecule has 41 heavy (non-hydrogen) atoms. The number of nitrogens with zero attached hydrogens (tertiary/aromatic N) is 3. The Labute approximate surface area is 240 Å². The molecule has 0 radical (unpaired) electrons. The summed E-state index contributed by atoms with van der Waals surface area (Å²) in [6.45, 7) is 5.26. The van der Waals surface area contributed by atoms with Crippen LogP contribution >= 0.6 is 11.6 Å². The van der Waals surface area contributed by atoms with Gasteiger partial charge < -0.3 is 25.8 Å². The number of aromatic nitrogens is 2. The number of nitrogens with two attached hydrogens (primary N) is 1. The number of hydrogen-bond acceptors (Lipinski definition) is 7. The molecule has 1 atom stereocenters. The van der Waals surface area contributed by atoms with Crippen molar-refractivity contribution >= 4 is 52.0 Å². The van der Waals surface area contributed by atoms with Crippen molar-refractivity contribution in [3.63, 3.8) is 0 Å². The minimum absolute atomic E-state index is 0.0861. The molecule has 4 amide bonds. The Morgan fingerprint density at radius 3 is 2.56 bits per heavy atom. The van der Waals surface area contributed by atoms with E-state index in [0.717, 1.165) is 4.90 Å². The van der Waals surface area contributed by atoms with E-state index in [1.807, 2.05) is 0 Å². The molecule has 3 aromatic rings. The van der Waals surface area contributed by atoms with Gasteiger partial charge >= 0.3 is 6.09 Å². The number of aliphatic hydroxyl groups excluding tert-OH is 1. The summed E-state index contributed by atoms with van der Waals surface area (Å²) in [5.74, 6) is -2.71. The number of rotatable bonds is 10. The van der Waals surface area contributed by atoms with Crippen LogP contribution in [0.4, 0.5) is 14.9 Å². The molecule has 3 rings (SSSR count). The Morgan fingerprint density at radius 2 is 1.93 bits per heavy atom. The van der Waals surface area contributed by atoms with Crippen molar-refractivity contribution in [3.05, 3.63) is 58.5 Å². The van der Waals surface area contributed by atoms with E-state index in [4.69, 9.17) is 22.1 Å². The fourth-order valence-electron chi connectivity index (χ4n) is 3.88. The Balaban J connectivity index is 1.79. The van der Waals surface area contributed by atoms with Gasteiger partial charge in [-0.3, -0.25) is 24.4 Å². The number of amides is 4. The second-order valence-electron chi connectivity index (χ2n) is 10.3. The number of hydrogen-bond donors (Lipinski definition) is 4. The Morgan fingerprint density at radius 1 is 1.22 bits per heavy atom. The average molecular weight is 591 g/mol. The van der Waals surface area contributed by atoms with Crippen LogP contribution in [0.1, 0.15) is 43.7 Å². The number of halogens is 2. The van der Waals surface area contributed by atoms with Gasteiger partial charge in [-0.05, 0) is 52.0 Å². The molecule has 1 heterocycles. The van der Waals surface area contributed by atoms with Crippen molar-refractivity contribution in [2.24, 2.45) is 5.73 Å². The van der Waals surface area contributed by atoms with Crippen molar-refractivity contribution < 1.29 is 33.4 Å². The Bertz CT molecular complexity index is 1470. The first kappa shape index (κ1) is 31.3. The van der Waals surface area contributed by atoms with Crippen LogP contribution in [0.15, 0.2) is 36.4 Å². The lowest BCUT2D eigenvalue weighted by Crippen LogP contribution is -2.47. The van der Waals surface area contributed by atoms with E-state index in [0.29, 0.717) is 11.2 Å². The third-order valence-electron chi connectivity index (χ3n) is 5.85. The molecule has 5 N–H and O–H groups in total. The average Bonchev–Trinajstić information content (AvgIpc) is 3.24. The van der Waals surface area contributed by atoms with Gasteiger partial charge in [0, 0.05) is 23.2 Å². The largest absolute Gasteiger partial charge is 0.444 e. The van der Waals surface area contributed by atoms with Gasteiger partial charge in [-0.2, -0.15) is 5.10 Å². The Hall–Kier alpha value is -4.23. The number of anilines is 1. The van der Waals surface area contributed by atoms with E-state index in [2.05, 4.69) is 15.7 Å². The van der Waals surface area contributed by atoms with Crippen LogP contribution in [0.3, 0.4) is 0 Å². The van der Waals surface area contributed by atoms with Crippen LogP contribution in [0, 0.1) is 5.82 Å². The minimum Gasteiger partial charge on any atom is -0.444 e. The zero-order valence-corrected chi connectivity index (χ0v) is 23.8. The summed E-state index contributed by atoms with van der Waals surface area (Å²) in [4.78, 5) is 51.4. The molecule has 220 valence electrons. The predicted octanol–water partition coefficient (Wildman–Crippen LogP) is 2.80. The quantitative estimate of drug-likeness (QED) is 0.281. The van der Waals surface area contributed by atoms with Gasteiger partial charge in [0.05, 0.1) is 29.7 Å². The number of ether oxygens (including phenoxy) is 1. The molecule has 1 aromatic heterocycles. The summed E-state index contributed by atoms with van der Waals surface area (Å²) < 4.78 is 20.6. The first-order chi connectivity index (χ1) is 19.2. The third-order valence-corrected chi connectivity index (χ3v) is 6.14. The first-order valence-corrected chi connectivity index (χ1v) is 13.0. The van der Waals surface area contributed by atoms with Gasteiger partial charge in [0.15, 0.2) is 5.69 Å². The van der Waals surface area contributed by atoms with Gasteiger partial charge in [-0.1, -0.05) is 23.7 Å². The smallest absolute Gasteiger partial charge is 0.412 e. The number of carbonyl (C=O) groups is 4. The fourth-order valence-corrected chi connectivity index (χ4v) is 4.07. The lowest BCUT2D eigenvalue weighted by atomic mass is 10.1. The molecule has 0 spiro atoms. The maximum absolute atomic E-state index is 14.2. The zero-order chi connectivity index (χ0) is 30.5. The molecular weight excluding hydrogens is 559 g/mol. The van der Waals surface area contributed by atoms with Crippen molar-refractivity contribution in [1.82, 2.24) is 20.0 Å². The molecule has 0 aliphatic heterocycles. The van der Waals surface area contributed by atoms with Crippen molar-refractivity contribution in [1.29, 1.82) is 0 Å². The highest BCUT2D eigenvalue weighted by atomic mass is 35.5. The van der Waals surface area contributed by atoms with Gasteiger partial charge in [0.2, 0.25) is 11.8 Å². The molecule has 12 nitrogen and oxygen atoms in total. The maximum atomic E-state index is 14.2. The second kappa shape index (κ2) is 13.0. The van der Waals surface area contributed by atoms with Crippen LogP contribution in [0.2, 0.25) is 5.02 Å². The summed E-state index contributed by atoms with van der Waals surface area (Å²) >= 11 is 5.78. The van der Waals surface area contributed by atoms with Crippen LogP contribution in [-0.2, 0) is 27.4 Å². The molecule has 0 bridgehead atoms. The van der Waals surface area contributed by atoms with Crippen LogP contribution < -0.4 is 16.4 Å². The summed E-state index contributed by atoms with van der Waals surface area (Å²) in [5, 5.41) is 19.2. The Kier molecular flexibility index (Phi) is 9.89. The SMILES string of the molecule is CC(CO)N(CC(=O)NCc1cccc(Cl)c1F)C(=O)Cn1nc(C(N)=O)c2cc(NC(=O)OC(C)(C)C)ccc21. The summed E-state index contributed by atoms with van der Waals surface area (Å²) in [5.41, 5.74) is 5.49. The number of primary amides is 1. The van der Waals surface area contributed by atoms with E-state index < -0.39 is 61.0 Å². The van der Waals surface area contributed by atoms with E-state index >= 15 is 0 Å². The first-order valence-electron chi connectivity index (χ1n) is 12.6. The van der Waals surface area contributed by atoms with E-state index in [1.54, 1.807) is 39.8 Å². The van der Waals surface area contributed by atoms with Crippen molar-refractivity contribution in [2.75, 3.05) is 18.5 Å². The number of nitrogens with one attached hydrogen (secondary N) is 2. The van der Waals surface area contributed by atoms with E-state index in [-0.39, 0.29) is 28.2 Å². The highest BCUT2D eigenvalue weighted by Crippen LogP contribution is 2.24. The molecule has 14 heteroatoms. The minimum atomic E-state index is -0.858. The number of fused-ring (bicyclic) bond motifs is 1. The van der Waals surface area contributed by atoms with Gasteiger partial charge in [-0.25, -0.2) is 9.18 Å². The molecule has 0 fully saturated rings. The lowest BCUT2D eigenvalue weighted by molar-refractivity contribution is -0.139. The van der Waals surface area contributed by atoms with Crippen LogP contribution in [-0.4, -0.2) is 68.4 Å². The monoisotopic (exact) mass is 590 g/mol. The lowest BCUT2D eigenvalue weighted by Gasteiger charge is -2.27. The van der Waals surface area contributed by atoms with Gasteiger partial charge in [-0.15, -0.1) is 0 Å². The second-order valence-corrected chi connectivity index (χ2v) is 10.7. The number of benzene rings is 2. The van der Waals surface area contributed by atoms with Gasteiger partial charge in [0.25, 0.3) is 5.91 Å². The summed E-state index contributed by atoms with van der Waals surface area (Å²) in [6.07, 6.45) is -0.704. The summed E-state index contributed by atoms with van der Waals surface area (Å²) in [6, 6.07) is 8.20. The highest BCUT2D eigenvalue weighted by Gasteiger charge is 2.25. The predicted molar refractivity (Wildman–Crippen MR) is 150 cm³/mol. The molecule has 0 saturated heterocycles. The normalized spacial score (nSPS) is 12.1. The van der Waals surface area contributed by atoms with Crippen LogP contribution in [0.25, 0.3) is 10.9 Å². The molecule has 0 aliphatic rings. The zero-order valence-electron chi connectivity index (χ0n) is 23.0. The third kappa shape index (κ3) is 8.14. The van der Waals surface area contributed by atoms with Crippen molar-refractivity contribution in [3.8, 4) is 0 Å². The fraction of sp³-hybridized carbons (Fsp3) is 0.370. The van der Waals surface area contributed by atoms with E-state index in [9.17, 15) is 28.7 Å². The van der Waals surface area contributed by atoms with E-state index in [1.165, 1.54) is 28.9 Å². The van der Waals surface area contributed by atoms with Crippen molar-refractivity contribution in [2.45, 2.75) is 52.4 Å². The topological polar surface area (TPSA) is 169 Å². The number of carbonyl (C=O) groups excluding carboxylic acids is 4. The molecule has 2 aromatic carbocycles. The maximum Gasteiger partial charge on any atom is 0.412 e. The molecular formula is C27H32ClFN6O6. The van der Waals surface area contributed by atoms with Gasteiger partial charge in [0.1, 0.15) is 18.0 Å². The molecule has 1 unspecified atom stereocenters. The number of aliphatic hydroxyl groups is 1. The standard InChI is InChI=1S/C27H32ClFN6O6/c1-15(14-36)34(12-21(37)31-11-16-6-5-7-19(28)23(16)29)22(38)13-35-20-9-8-17(32-26(40)41-27(2,3)4)10-18(20)24(33-35)25(30)39/h5-10,15,36H,11-14H2,1-4H3,(H2,30,39)(H,31,37)(H,32,40). The van der Waals surface area contributed by atoms with Crippen LogP contribution in [0.5, 0.6) is 0 Å². The highest BCUT2D eigenvalue weighted by molar-refractivity contribution is 6.30.